The molecule has 0 atom stereocenters. The summed E-state index contributed by atoms with van der Waals surface area (Å²) in [5.74, 6) is -0.0516. The van der Waals surface area contributed by atoms with Crippen LogP contribution in [0.2, 0.25) is 0 Å². The van der Waals surface area contributed by atoms with Crippen LogP contribution in [0.4, 0.5) is 0 Å². The number of aromatic nitrogens is 3. The first-order valence-corrected chi connectivity index (χ1v) is 3.30. The maximum Gasteiger partial charge on any atom is 0.283 e. The van der Waals surface area contributed by atoms with Gasteiger partial charge in [-0.05, 0) is 12.1 Å². The molecule has 0 fully saturated rings. The van der Waals surface area contributed by atoms with Crippen molar-refractivity contribution >= 4 is 0 Å². The normalized spacial score (nSPS) is 10.0. The predicted octanol–water partition coefficient (Wildman–Crippen LogP) is 0.837. The highest BCUT2D eigenvalue weighted by Crippen LogP contribution is 2.23. The molecule has 1 N–H and O–H groups in total. The van der Waals surface area contributed by atoms with Gasteiger partial charge in [-0.1, -0.05) is 11.2 Å². The molecule has 0 unspecified atom stereocenters. The van der Waals surface area contributed by atoms with E-state index in [1.807, 2.05) is 0 Å². The van der Waals surface area contributed by atoms with Gasteiger partial charge in [-0.2, -0.15) is 0 Å². The molecule has 0 saturated heterocycles. The van der Waals surface area contributed by atoms with Crippen molar-refractivity contribution in [1.82, 2.24) is 15.4 Å². The Hall–Kier alpha value is -1.91. The maximum atomic E-state index is 9.10. The lowest BCUT2D eigenvalue weighted by atomic mass is 10.3. The molecule has 60 valence electrons. The predicted molar refractivity (Wildman–Crippen MR) is 39.2 cm³/mol. The van der Waals surface area contributed by atoms with Gasteiger partial charge in [-0.15, -0.1) is 0 Å². The van der Waals surface area contributed by atoms with Crippen molar-refractivity contribution in [2.24, 2.45) is 0 Å². The van der Waals surface area contributed by atoms with Gasteiger partial charge in [0.05, 0.1) is 0 Å². The minimum absolute atomic E-state index is 0.190. The fraction of sp³-hybridized carbons (Fsp3) is 0. The molecule has 0 bridgehead atoms. The first kappa shape index (κ1) is 6.78. The maximum absolute atomic E-state index is 9.10. The van der Waals surface area contributed by atoms with Gasteiger partial charge in [0.2, 0.25) is 5.76 Å². The Morgan fingerprint density at radius 1 is 1.33 bits per heavy atom. The second-order valence-corrected chi connectivity index (χ2v) is 2.14. The Balaban J connectivity index is 2.51. The highest BCUT2D eigenvalue weighted by Gasteiger charge is 2.11. The molecule has 0 radical (unpaired) electrons. The van der Waals surface area contributed by atoms with Crippen molar-refractivity contribution in [3.63, 3.8) is 0 Å². The van der Waals surface area contributed by atoms with E-state index < -0.39 is 0 Å². The minimum Gasteiger partial charge on any atom is -0.489 e. The van der Waals surface area contributed by atoms with E-state index >= 15 is 0 Å². The Kier molecular flexibility index (Phi) is 1.48. The molecule has 2 heterocycles. The Labute approximate surface area is 67.7 Å². The Bertz CT molecular complexity index is 371. The van der Waals surface area contributed by atoms with E-state index in [4.69, 9.17) is 5.11 Å². The fourth-order valence-electron chi connectivity index (χ4n) is 0.845. The van der Waals surface area contributed by atoms with Crippen LogP contribution < -0.4 is 0 Å². The standard InChI is InChI=1S/C7H5N3O2/c11-7-6(12-10-9-7)5-3-1-2-4-8-5/h1-4,11H. The summed E-state index contributed by atoms with van der Waals surface area (Å²) in [4.78, 5) is 3.95. The number of aromatic hydroxyl groups is 1. The SMILES string of the molecule is Oc1nnoc1-c1ccccn1. The molecule has 0 aliphatic heterocycles. The van der Waals surface area contributed by atoms with Crippen LogP contribution in [0.1, 0.15) is 0 Å². The van der Waals surface area contributed by atoms with Crippen LogP contribution >= 0.6 is 0 Å². The zero-order valence-electron chi connectivity index (χ0n) is 6.01. The molecule has 2 aromatic heterocycles. The third-order valence-corrected chi connectivity index (χ3v) is 1.37. The summed E-state index contributed by atoms with van der Waals surface area (Å²) < 4.78 is 4.68. The van der Waals surface area contributed by atoms with Gasteiger partial charge in [0.1, 0.15) is 5.69 Å². The largest absolute Gasteiger partial charge is 0.489 e. The van der Waals surface area contributed by atoms with E-state index in [1.165, 1.54) is 0 Å². The molecule has 0 amide bonds. The monoisotopic (exact) mass is 163 g/mol. The Morgan fingerprint density at radius 2 is 2.25 bits per heavy atom. The minimum atomic E-state index is -0.242. The van der Waals surface area contributed by atoms with Crippen molar-refractivity contribution in [3.05, 3.63) is 24.4 Å². The molecule has 0 saturated carbocycles. The summed E-state index contributed by atoms with van der Waals surface area (Å²) in [5, 5.41) is 15.6. The van der Waals surface area contributed by atoms with E-state index in [9.17, 15) is 0 Å². The average Bonchev–Trinajstić information content (AvgIpc) is 2.53. The van der Waals surface area contributed by atoms with Gasteiger partial charge < -0.3 is 9.63 Å². The van der Waals surface area contributed by atoms with E-state index in [0.717, 1.165) is 0 Å². The molecule has 12 heavy (non-hydrogen) atoms. The highest BCUT2D eigenvalue weighted by atomic mass is 16.5. The number of rotatable bonds is 1. The van der Waals surface area contributed by atoms with Gasteiger partial charge in [-0.25, -0.2) is 0 Å². The smallest absolute Gasteiger partial charge is 0.283 e. The molecule has 2 rings (SSSR count). The lowest BCUT2D eigenvalue weighted by molar-refractivity contribution is 0.402. The quantitative estimate of drug-likeness (QED) is 0.674. The van der Waals surface area contributed by atoms with E-state index in [-0.39, 0.29) is 11.6 Å². The molecular formula is C7H5N3O2. The summed E-state index contributed by atoms with van der Waals surface area (Å²) in [6.07, 6.45) is 1.59. The third-order valence-electron chi connectivity index (χ3n) is 1.37. The third kappa shape index (κ3) is 1.01. The van der Waals surface area contributed by atoms with Crippen LogP contribution in [0.5, 0.6) is 5.88 Å². The number of nitrogens with zero attached hydrogens (tertiary/aromatic N) is 3. The summed E-state index contributed by atoms with van der Waals surface area (Å²) in [6, 6.07) is 5.25. The second-order valence-electron chi connectivity index (χ2n) is 2.14. The summed E-state index contributed by atoms with van der Waals surface area (Å²) in [5.41, 5.74) is 0.514. The van der Waals surface area contributed by atoms with E-state index in [1.54, 1.807) is 24.4 Å². The first-order valence-electron chi connectivity index (χ1n) is 3.30. The van der Waals surface area contributed by atoms with E-state index in [2.05, 4.69) is 19.9 Å². The second kappa shape index (κ2) is 2.61. The van der Waals surface area contributed by atoms with Crippen molar-refractivity contribution < 1.29 is 9.63 Å². The number of hydrogen-bond donors (Lipinski definition) is 1. The number of hydrogen-bond acceptors (Lipinski definition) is 5. The van der Waals surface area contributed by atoms with Crippen LogP contribution in [0, 0.1) is 0 Å². The lowest BCUT2D eigenvalue weighted by Gasteiger charge is -1.91. The molecule has 0 aliphatic rings. The van der Waals surface area contributed by atoms with Gasteiger partial charge >= 0.3 is 0 Å². The topological polar surface area (TPSA) is 72.0 Å². The highest BCUT2D eigenvalue weighted by molar-refractivity contribution is 5.56. The van der Waals surface area contributed by atoms with Crippen LogP contribution in [0.25, 0.3) is 11.5 Å². The first-order chi connectivity index (χ1) is 5.88. The van der Waals surface area contributed by atoms with Crippen molar-refractivity contribution in [3.8, 4) is 17.3 Å². The zero-order valence-corrected chi connectivity index (χ0v) is 6.01. The fourth-order valence-corrected chi connectivity index (χ4v) is 0.845. The molecule has 5 nitrogen and oxygen atoms in total. The van der Waals surface area contributed by atoms with Crippen molar-refractivity contribution in [1.29, 1.82) is 0 Å². The molecule has 2 aromatic rings. The van der Waals surface area contributed by atoms with Gasteiger partial charge in [0.15, 0.2) is 0 Å². The molecular weight excluding hydrogens is 158 g/mol. The molecule has 0 aliphatic carbocycles. The van der Waals surface area contributed by atoms with E-state index in [0.29, 0.717) is 5.69 Å². The van der Waals surface area contributed by atoms with Crippen LogP contribution in [-0.4, -0.2) is 20.5 Å². The number of pyridine rings is 1. The summed E-state index contributed by atoms with van der Waals surface area (Å²) >= 11 is 0. The summed E-state index contributed by atoms with van der Waals surface area (Å²) in [6.45, 7) is 0. The summed E-state index contributed by atoms with van der Waals surface area (Å²) in [7, 11) is 0. The Morgan fingerprint density at radius 3 is 2.83 bits per heavy atom. The van der Waals surface area contributed by atoms with Gasteiger partial charge in [0.25, 0.3) is 5.88 Å². The van der Waals surface area contributed by atoms with Crippen LogP contribution in [-0.2, 0) is 0 Å². The van der Waals surface area contributed by atoms with Gasteiger partial charge in [0, 0.05) is 11.5 Å². The van der Waals surface area contributed by atoms with Crippen LogP contribution in [0.3, 0.4) is 0 Å². The molecule has 0 aromatic carbocycles. The van der Waals surface area contributed by atoms with Crippen LogP contribution in [0.15, 0.2) is 28.9 Å². The van der Waals surface area contributed by atoms with Gasteiger partial charge in [-0.3, -0.25) is 4.98 Å². The van der Waals surface area contributed by atoms with Crippen molar-refractivity contribution in [2.45, 2.75) is 0 Å². The lowest BCUT2D eigenvalue weighted by Crippen LogP contribution is -1.78. The molecule has 5 heteroatoms. The van der Waals surface area contributed by atoms with Crippen molar-refractivity contribution in [2.75, 3.05) is 0 Å². The zero-order chi connectivity index (χ0) is 8.39. The molecule has 0 spiro atoms. The average molecular weight is 163 g/mol.